The number of hydrogen-bond donors (Lipinski definition) is 4. The minimum absolute atomic E-state index is 0.0244. The van der Waals surface area contributed by atoms with Crippen LogP contribution in [0.3, 0.4) is 0 Å². The maximum absolute atomic E-state index is 13.6. The molecule has 0 aliphatic heterocycles. The zero-order chi connectivity index (χ0) is 30.3. The summed E-state index contributed by atoms with van der Waals surface area (Å²) >= 11 is 0. The van der Waals surface area contributed by atoms with E-state index in [0.29, 0.717) is 22.5 Å². The number of anilines is 1. The smallest absolute Gasteiger partial charge is 0.407 e. The molecule has 2 aliphatic rings. The van der Waals surface area contributed by atoms with Crippen LogP contribution in [-0.2, 0) is 9.47 Å². The number of carbonyl (C=O) groups is 3. The number of alkyl carbamates (subject to hydrolysis) is 2. The van der Waals surface area contributed by atoms with Gasteiger partial charge in [-0.1, -0.05) is 0 Å². The first-order chi connectivity index (χ1) is 20.9. The molecule has 0 saturated heterocycles. The number of nitriles is 1. The lowest BCUT2D eigenvalue weighted by Crippen LogP contribution is -2.44. The number of pyridine rings is 1. The molecule has 3 aromatic rings. The molecule has 3 aromatic heterocycles. The quantitative estimate of drug-likeness (QED) is 0.321. The molecule has 0 aromatic carbocycles. The number of methoxy groups -OCH3 is 2. The lowest BCUT2D eigenvalue weighted by Gasteiger charge is -2.31. The number of ether oxygens (including phenoxy) is 2. The number of rotatable bonds is 7. The van der Waals surface area contributed by atoms with Gasteiger partial charge in [0.1, 0.15) is 6.07 Å². The Balaban J connectivity index is 1.34. The zero-order valence-electron chi connectivity index (χ0n) is 24.3. The van der Waals surface area contributed by atoms with Gasteiger partial charge >= 0.3 is 12.2 Å². The summed E-state index contributed by atoms with van der Waals surface area (Å²) in [6.07, 6.45) is 8.34. The number of nitrogens with one attached hydrogen (secondary N) is 4. The lowest BCUT2D eigenvalue weighted by molar-refractivity contribution is 0.0922. The largest absolute Gasteiger partial charge is 0.453 e. The Morgan fingerprint density at radius 3 is 2.00 bits per heavy atom. The summed E-state index contributed by atoms with van der Waals surface area (Å²) in [5.74, 6) is -0.219. The van der Waals surface area contributed by atoms with E-state index in [2.05, 4.69) is 37.4 Å². The molecule has 43 heavy (non-hydrogen) atoms. The number of aromatic nitrogens is 3. The molecule has 0 spiro atoms. The van der Waals surface area contributed by atoms with E-state index in [9.17, 15) is 19.6 Å². The van der Waals surface area contributed by atoms with Gasteiger partial charge in [-0.25, -0.2) is 14.1 Å². The van der Waals surface area contributed by atoms with Gasteiger partial charge in [-0.15, -0.1) is 0 Å². The van der Waals surface area contributed by atoms with Gasteiger partial charge in [-0.2, -0.15) is 10.4 Å². The molecular weight excluding hydrogens is 552 g/mol. The zero-order valence-corrected chi connectivity index (χ0v) is 24.3. The summed E-state index contributed by atoms with van der Waals surface area (Å²) in [6.45, 7) is 0. The van der Waals surface area contributed by atoms with Crippen molar-refractivity contribution >= 4 is 29.3 Å². The van der Waals surface area contributed by atoms with Crippen LogP contribution < -0.4 is 21.3 Å². The summed E-state index contributed by atoms with van der Waals surface area (Å²) in [5.41, 5.74) is 3.70. The van der Waals surface area contributed by atoms with Crippen LogP contribution in [0.25, 0.3) is 16.9 Å². The molecule has 2 saturated carbocycles. The van der Waals surface area contributed by atoms with Crippen LogP contribution in [-0.4, -0.2) is 71.1 Å². The predicted molar refractivity (Wildman–Crippen MR) is 157 cm³/mol. The van der Waals surface area contributed by atoms with E-state index in [1.54, 1.807) is 16.8 Å². The standard InChI is InChI=1S/C30H36N8O5/c1-42-29(40)36-21-7-3-19(4-8-21)34-25-14-26(27-12-11-23-13-18(15-31)16-33-38(23)27)32-17-24(25)28(39)35-20-5-9-22(10-6-20)37-30(41)43-2/h11-14,16-17,19-22H,3-10H2,1-2H3,(H,32,34)(H,35,39)(H,36,40)(H,37,41). The van der Waals surface area contributed by atoms with Crippen molar-refractivity contribution < 1.29 is 23.9 Å². The maximum atomic E-state index is 13.6. The third-order valence-corrected chi connectivity index (χ3v) is 8.20. The van der Waals surface area contributed by atoms with E-state index < -0.39 is 12.2 Å². The van der Waals surface area contributed by atoms with E-state index in [1.165, 1.54) is 20.4 Å². The molecule has 226 valence electrons. The Bertz CT molecular complexity index is 1520. The number of fused-ring (bicyclic) bond motifs is 1. The fourth-order valence-electron chi connectivity index (χ4n) is 5.85. The summed E-state index contributed by atoms with van der Waals surface area (Å²) in [4.78, 5) is 41.4. The number of nitrogens with zero attached hydrogens (tertiary/aromatic N) is 4. The summed E-state index contributed by atoms with van der Waals surface area (Å²) in [5, 5.41) is 26.1. The van der Waals surface area contributed by atoms with E-state index in [-0.39, 0.29) is 30.1 Å². The molecule has 0 bridgehead atoms. The Hall–Kier alpha value is -4.86. The van der Waals surface area contributed by atoms with Crippen LogP contribution in [0.1, 0.15) is 67.3 Å². The molecular formula is C30H36N8O5. The topological polar surface area (TPSA) is 172 Å². The van der Waals surface area contributed by atoms with Crippen LogP contribution in [0.5, 0.6) is 0 Å². The van der Waals surface area contributed by atoms with Crippen molar-refractivity contribution in [3.63, 3.8) is 0 Å². The monoisotopic (exact) mass is 588 g/mol. The highest BCUT2D eigenvalue weighted by molar-refractivity contribution is 6.00. The first-order valence-corrected chi connectivity index (χ1v) is 14.5. The predicted octanol–water partition coefficient (Wildman–Crippen LogP) is 3.74. The summed E-state index contributed by atoms with van der Waals surface area (Å²) in [6, 6.07) is 9.63. The molecule has 2 fully saturated rings. The van der Waals surface area contributed by atoms with Gasteiger partial charge < -0.3 is 30.7 Å². The van der Waals surface area contributed by atoms with Crippen molar-refractivity contribution in [3.8, 4) is 17.5 Å². The van der Waals surface area contributed by atoms with Crippen LogP contribution >= 0.6 is 0 Å². The molecule has 0 atom stereocenters. The third kappa shape index (κ3) is 7.14. The van der Waals surface area contributed by atoms with Crippen LogP contribution in [0, 0.1) is 11.3 Å². The molecule has 4 N–H and O–H groups in total. The number of amides is 3. The highest BCUT2D eigenvalue weighted by Crippen LogP contribution is 2.29. The minimum atomic E-state index is -0.444. The fraction of sp³-hybridized carbons (Fsp3) is 0.467. The Labute approximate surface area is 249 Å². The molecule has 3 amide bonds. The first kappa shape index (κ1) is 29.6. The van der Waals surface area contributed by atoms with Crippen molar-refractivity contribution in [2.24, 2.45) is 0 Å². The normalized spacial score (nSPS) is 21.7. The van der Waals surface area contributed by atoms with Gasteiger partial charge in [-0.05, 0) is 75.6 Å². The van der Waals surface area contributed by atoms with Gasteiger partial charge in [-0.3, -0.25) is 9.78 Å². The maximum Gasteiger partial charge on any atom is 0.407 e. The second-order valence-corrected chi connectivity index (χ2v) is 11.0. The average Bonchev–Trinajstić information content (AvgIpc) is 3.46. The molecule has 13 nitrogen and oxygen atoms in total. The van der Waals surface area contributed by atoms with Crippen molar-refractivity contribution in [1.29, 1.82) is 5.26 Å². The average molecular weight is 589 g/mol. The second-order valence-electron chi connectivity index (χ2n) is 11.0. The molecule has 13 heteroatoms. The fourth-order valence-corrected chi connectivity index (χ4v) is 5.85. The van der Waals surface area contributed by atoms with Crippen molar-refractivity contribution in [2.45, 2.75) is 75.5 Å². The molecule has 3 heterocycles. The van der Waals surface area contributed by atoms with E-state index in [4.69, 9.17) is 9.47 Å². The Morgan fingerprint density at radius 2 is 1.42 bits per heavy atom. The molecule has 0 radical (unpaired) electrons. The van der Waals surface area contributed by atoms with Gasteiger partial charge in [0.25, 0.3) is 5.91 Å². The van der Waals surface area contributed by atoms with Crippen LogP contribution in [0.2, 0.25) is 0 Å². The van der Waals surface area contributed by atoms with Crippen molar-refractivity contribution in [2.75, 3.05) is 19.5 Å². The Morgan fingerprint density at radius 1 is 0.837 bits per heavy atom. The summed E-state index contributed by atoms with van der Waals surface area (Å²) < 4.78 is 11.2. The SMILES string of the molecule is COC(=O)NC1CCC(NC(=O)c2cnc(-c3ccc4cc(C#N)cnn34)cc2NC2CCC(NC(=O)OC)CC2)CC1. The highest BCUT2D eigenvalue weighted by atomic mass is 16.5. The van der Waals surface area contributed by atoms with E-state index in [0.717, 1.165) is 62.6 Å². The summed E-state index contributed by atoms with van der Waals surface area (Å²) in [7, 11) is 2.70. The van der Waals surface area contributed by atoms with Gasteiger partial charge in [0, 0.05) is 30.4 Å². The first-order valence-electron chi connectivity index (χ1n) is 14.5. The molecule has 5 rings (SSSR count). The van der Waals surface area contributed by atoms with Crippen LogP contribution in [0.4, 0.5) is 15.3 Å². The Kier molecular flexibility index (Phi) is 9.24. The van der Waals surface area contributed by atoms with E-state index in [1.807, 2.05) is 18.2 Å². The molecule has 2 aliphatic carbocycles. The van der Waals surface area contributed by atoms with Crippen molar-refractivity contribution in [1.82, 2.24) is 30.5 Å². The minimum Gasteiger partial charge on any atom is -0.453 e. The number of hydrogen-bond acceptors (Lipinski definition) is 9. The van der Waals surface area contributed by atoms with Gasteiger partial charge in [0.15, 0.2) is 0 Å². The second kappa shape index (κ2) is 13.4. The third-order valence-electron chi connectivity index (χ3n) is 8.20. The van der Waals surface area contributed by atoms with Gasteiger partial charge in [0.2, 0.25) is 0 Å². The van der Waals surface area contributed by atoms with Crippen LogP contribution in [0.15, 0.2) is 36.7 Å². The van der Waals surface area contributed by atoms with E-state index >= 15 is 0 Å². The molecule has 0 unspecified atom stereocenters. The highest BCUT2D eigenvalue weighted by Gasteiger charge is 2.27. The lowest BCUT2D eigenvalue weighted by atomic mass is 9.90. The van der Waals surface area contributed by atoms with Gasteiger partial charge in [0.05, 0.1) is 54.1 Å². The number of carbonyl (C=O) groups excluding carboxylic acids is 3. The van der Waals surface area contributed by atoms with Crippen molar-refractivity contribution in [3.05, 3.63) is 47.8 Å².